The van der Waals surface area contributed by atoms with Gasteiger partial charge in [-0.05, 0) is 37.8 Å². The summed E-state index contributed by atoms with van der Waals surface area (Å²) in [6, 6.07) is 7.16. The molecule has 1 aromatic carbocycles. The van der Waals surface area contributed by atoms with Gasteiger partial charge in [-0.1, -0.05) is 42.7 Å². The molecule has 1 aliphatic heterocycles. The minimum absolute atomic E-state index is 0.131. The summed E-state index contributed by atoms with van der Waals surface area (Å²) in [5.74, 6) is 0.526. The number of aromatic nitrogens is 2. The van der Waals surface area contributed by atoms with Crippen LogP contribution in [0.4, 0.5) is 9.93 Å². The van der Waals surface area contributed by atoms with Crippen molar-refractivity contribution in [3.8, 4) is 16.3 Å². The van der Waals surface area contributed by atoms with E-state index >= 15 is 0 Å². The average molecular weight is 430 g/mol. The molecule has 30 heavy (non-hydrogen) atoms. The minimum Gasteiger partial charge on any atom is -0.497 e. The average Bonchev–Trinajstić information content (AvgIpc) is 3.44. The van der Waals surface area contributed by atoms with E-state index < -0.39 is 6.04 Å². The van der Waals surface area contributed by atoms with Gasteiger partial charge in [0.1, 0.15) is 16.8 Å². The lowest BCUT2D eigenvalue weighted by atomic mass is 9.96. The van der Waals surface area contributed by atoms with Crippen molar-refractivity contribution in [3.63, 3.8) is 0 Å². The molecule has 0 radical (unpaired) electrons. The van der Waals surface area contributed by atoms with Crippen LogP contribution >= 0.6 is 11.3 Å². The fourth-order valence-electron chi connectivity index (χ4n) is 4.12. The van der Waals surface area contributed by atoms with Crippen LogP contribution in [0.1, 0.15) is 44.9 Å². The SMILES string of the molecule is COc1cccc(-c2nnc(NC(=O)C3CCCN3C(=O)NC3CCCCC3)s2)c1. The molecule has 2 heterocycles. The minimum atomic E-state index is -0.474. The maximum Gasteiger partial charge on any atom is 0.318 e. The molecule has 3 amide bonds. The van der Waals surface area contributed by atoms with E-state index in [9.17, 15) is 9.59 Å². The van der Waals surface area contributed by atoms with Gasteiger partial charge in [0.15, 0.2) is 0 Å². The summed E-state index contributed by atoms with van der Waals surface area (Å²) >= 11 is 1.30. The van der Waals surface area contributed by atoms with Crippen molar-refractivity contribution in [1.29, 1.82) is 0 Å². The van der Waals surface area contributed by atoms with Crippen LogP contribution in [0.5, 0.6) is 5.75 Å². The maximum atomic E-state index is 12.9. The third-order valence-electron chi connectivity index (χ3n) is 5.72. The second-order valence-electron chi connectivity index (χ2n) is 7.77. The number of carbonyl (C=O) groups is 2. The molecule has 1 aromatic heterocycles. The van der Waals surface area contributed by atoms with Crippen LogP contribution in [0.3, 0.4) is 0 Å². The third-order valence-corrected chi connectivity index (χ3v) is 6.61. The number of ether oxygens (including phenoxy) is 1. The first kappa shape index (κ1) is 20.6. The van der Waals surface area contributed by atoms with E-state index in [1.54, 1.807) is 12.0 Å². The van der Waals surface area contributed by atoms with Gasteiger partial charge >= 0.3 is 6.03 Å². The number of anilines is 1. The lowest BCUT2D eigenvalue weighted by Crippen LogP contribution is -2.50. The highest BCUT2D eigenvalue weighted by molar-refractivity contribution is 7.18. The van der Waals surface area contributed by atoms with Gasteiger partial charge in [-0.2, -0.15) is 0 Å². The second kappa shape index (κ2) is 9.42. The number of hydrogen-bond acceptors (Lipinski definition) is 6. The van der Waals surface area contributed by atoms with E-state index in [1.807, 2.05) is 24.3 Å². The van der Waals surface area contributed by atoms with Crippen molar-refractivity contribution in [2.45, 2.75) is 57.0 Å². The van der Waals surface area contributed by atoms with Crippen LogP contribution in [0.25, 0.3) is 10.6 Å². The van der Waals surface area contributed by atoms with Crippen molar-refractivity contribution in [2.75, 3.05) is 19.0 Å². The molecule has 2 fully saturated rings. The number of urea groups is 1. The van der Waals surface area contributed by atoms with E-state index in [-0.39, 0.29) is 18.0 Å². The summed E-state index contributed by atoms with van der Waals surface area (Å²) in [5.41, 5.74) is 0.877. The fraction of sp³-hybridized carbons (Fsp3) is 0.524. The molecule has 2 aromatic rings. The normalized spacial score (nSPS) is 19.5. The summed E-state index contributed by atoms with van der Waals surface area (Å²) in [4.78, 5) is 27.2. The maximum absolute atomic E-state index is 12.9. The summed E-state index contributed by atoms with van der Waals surface area (Å²) in [5, 5.41) is 15.4. The highest BCUT2D eigenvalue weighted by atomic mass is 32.1. The van der Waals surface area contributed by atoms with Crippen molar-refractivity contribution in [2.24, 2.45) is 0 Å². The zero-order valence-electron chi connectivity index (χ0n) is 17.1. The molecular weight excluding hydrogens is 402 g/mol. The van der Waals surface area contributed by atoms with Gasteiger partial charge in [0.05, 0.1) is 7.11 Å². The number of hydrogen-bond donors (Lipinski definition) is 2. The number of likely N-dealkylation sites (tertiary alicyclic amines) is 1. The Hall–Kier alpha value is -2.68. The Balaban J connectivity index is 1.38. The molecule has 1 saturated heterocycles. The summed E-state index contributed by atoms with van der Waals surface area (Å²) in [6.45, 7) is 0.599. The predicted octanol–water partition coefficient (Wildman–Crippen LogP) is 3.66. The van der Waals surface area contributed by atoms with Crippen molar-refractivity contribution < 1.29 is 14.3 Å². The largest absolute Gasteiger partial charge is 0.497 e. The predicted molar refractivity (Wildman–Crippen MR) is 116 cm³/mol. The Morgan fingerprint density at radius 1 is 1.13 bits per heavy atom. The Kier molecular flexibility index (Phi) is 6.47. The quantitative estimate of drug-likeness (QED) is 0.756. The number of rotatable bonds is 5. The second-order valence-corrected chi connectivity index (χ2v) is 8.75. The Morgan fingerprint density at radius 3 is 2.77 bits per heavy atom. The summed E-state index contributed by atoms with van der Waals surface area (Å²) in [6.07, 6.45) is 7.07. The molecule has 8 nitrogen and oxygen atoms in total. The molecular formula is C21H27N5O3S. The number of benzene rings is 1. The molecule has 160 valence electrons. The number of nitrogens with zero attached hydrogens (tertiary/aromatic N) is 3. The molecule has 1 aliphatic carbocycles. The molecule has 2 N–H and O–H groups in total. The molecule has 1 unspecified atom stereocenters. The van der Waals surface area contributed by atoms with Crippen LogP contribution in [0, 0.1) is 0 Å². The van der Waals surface area contributed by atoms with E-state index in [2.05, 4.69) is 20.8 Å². The molecule has 0 bridgehead atoms. The van der Waals surface area contributed by atoms with Crippen LogP contribution in [-0.4, -0.2) is 52.8 Å². The summed E-state index contributed by atoms with van der Waals surface area (Å²) < 4.78 is 5.25. The van der Waals surface area contributed by atoms with Crippen molar-refractivity contribution in [3.05, 3.63) is 24.3 Å². The lowest BCUT2D eigenvalue weighted by Gasteiger charge is -2.28. The van der Waals surface area contributed by atoms with E-state index in [0.717, 1.165) is 43.4 Å². The van der Waals surface area contributed by atoms with Gasteiger partial charge in [0, 0.05) is 18.2 Å². The van der Waals surface area contributed by atoms with E-state index in [1.165, 1.54) is 17.8 Å². The Morgan fingerprint density at radius 2 is 1.97 bits per heavy atom. The molecule has 1 atom stereocenters. The third kappa shape index (κ3) is 4.72. The van der Waals surface area contributed by atoms with Gasteiger partial charge < -0.3 is 15.0 Å². The monoisotopic (exact) mass is 429 g/mol. The molecule has 2 aliphatic rings. The van der Waals surface area contributed by atoms with Crippen molar-refractivity contribution >= 4 is 28.4 Å². The smallest absolute Gasteiger partial charge is 0.318 e. The zero-order valence-corrected chi connectivity index (χ0v) is 17.9. The first-order valence-corrected chi connectivity index (χ1v) is 11.3. The lowest BCUT2D eigenvalue weighted by molar-refractivity contribution is -0.119. The topological polar surface area (TPSA) is 96.5 Å². The first-order valence-electron chi connectivity index (χ1n) is 10.5. The first-order chi connectivity index (χ1) is 14.6. The van der Waals surface area contributed by atoms with Crippen LogP contribution in [0.2, 0.25) is 0 Å². The van der Waals surface area contributed by atoms with Gasteiger partial charge in [-0.25, -0.2) is 4.79 Å². The van der Waals surface area contributed by atoms with E-state index in [4.69, 9.17) is 4.74 Å². The molecule has 9 heteroatoms. The van der Waals surface area contributed by atoms with Crippen LogP contribution in [0.15, 0.2) is 24.3 Å². The van der Waals surface area contributed by atoms with E-state index in [0.29, 0.717) is 23.1 Å². The Bertz CT molecular complexity index is 896. The fourth-order valence-corrected chi connectivity index (χ4v) is 4.86. The molecule has 0 spiro atoms. The molecule has 1 saturated carbocycles. The highest BCUT2D eigenvalue weighted by Gasteiger charge is 2.35. The Labute approximate surface area is 180 Å². The standard InChI is InChI=1S/C21H27N5O3S/c1-29-16-10-5-7-14(13-16)19-24-25-20(30-19)23-18(27)17-11-6-12-26(17)21(28)22-15-8-3-2-4-9-15/h5,7,10,13,15,17H,2-4,6,8-9,11-12H2,1H3,(H,22,28)(H,23,25,27). The van der Waals surface area contributed by atoms with Gasteiger partial charge in [0.25, 0.3) is 0 Å². The van der Waals surface area contributed by atoms with Crippen LogP contribution < -0.4 is 15.4 Å². The van der Waals surface area contributed by atoms with Gasteiger partial charge in [-0.15, -0.1) is 10.2 Å². The molecule has 4 rings (SSSR count). The number of nitrogens with one attached hydrogen (secondary N) is 2. The van der Waals surface area contributed by atoms with Crippen molar-refractivity contribution in [1.82, 2.24) is 20.4 Å². The summed E-state index contributed by atoms with van der Waals surface area (Å²) in [7, 11) is 1.61. The highest BCUT2D eigenvalue weighted by Crippen LogP contribution is 2.29. The zero-order chi connectivity index (χ0) is 20.9. The number of methoxy groups -OCH3 is 1. The van der Waals surface area contributed by atoms with Gasteiger partial charge in [0.2, 0.25) is 11.0 Å². The van der Waals surface area contributed by atoms with Crippen LogP contribution in [-0.2, 0) is 4.79 Å². The number of amides is 3. The van der Waals surface area contributed by atoms with Gasteiger partial charge in [-0.3, -0.25) is 10.1 Å². The number of carbonyl (C=O) groups excluding carboxylic acids is 2.